The zero-order valence-electron chi connectivity index (χ0n) is 13.2. The first-order chi connectivity index (χ1) is 11.8. The van der Waals surface area contributed by atoms with E-state index in [1.165, 1.54) is 6.33 Å². The maximum absolute atomic E-state index is 12.8. The molecule has 24 heavy (non-hydrogen) atoms. The number of carbonyl (C=O) groups is 1. The van der Waals surface area contributed by atoms with Crippen molar-refractivity contribution in [3.05, 3.63) is 72.2 Å². The molecule has 6 heteroatoms. The largest absolute Gasteiger partial charge is 0.467 e. The van der Waals surface area contributed by atoms with Gasteiger partial charge in [0, 0.05) is 11.6 Å². The van der Waals surface area contributed by atoms with Gasteiger partial charge in [-0.1, -0.05) is 12.1 Å². The third-order valence-corrected chi connectivity index (χ3v) is 4.17. The number of amides is 1. The number of carbonyl (C=O) groups excluding carboxylic acids is 1. The van der Waals surface area contributed by atoms with Crippen LogP contribution in [0.15, 0.2) is 59.7 Å². The fourth-order valence-corrected chi connectivity index (χ4v) is 2.74. The molecule has 0 radical (unpaired) electrons. The van der Waals surface area contributed by atoms with Crippen LogP contribution in [0, 0.1) is 0 Å². The molecule has 0 unspecified atom stereocenters. The molecule has 6 nitrogen and oxygen atoms in total. The van der Waals surface area contributed by atoms with Crippen molar-refractivity contribution in [3.63, 3.8) is 0 Å². The smallest absolute Gasteiger partial charge is 0.254 e. The van der Waals surface area contributed by atoms with E-state index < -0.39 is 0 Å². The Labute approximate surface area is 139 Å². The lowest BCUT2D eigenvalue weighted by molar-refractivity contribution is 0.0717. The standard InChI is InChI=1S/C18H18N4O2/c23-18(22(16-7-8-16)11-17-2-1-9-24-17)15-5-3-14(4-6-15)10-21-13-19-12-20-21/h1-6,9,12-13,16H,7-8,10-11H2. The van der Waals surface area contributed by atoms with E-state index in [0.29, 0.717) is 24.7 Å². The molecule has 0 bridgehead atoms. The predicted molar refractivity (Wildman–Crippen MR) is 87.2 cm³/mol. The average molecular weight is 322 g/mol. The van der Waals surface area contributed by atoms with E-state index in [-0.39, 0.29) is 5.91 Å². The minimum atomic E-state index is 0.0567. The molecule has 4 rings (SSSR count). The van der Waals surface area contributed by atoms with E-state index in [2.05, 4.69) is 10.1 Å². The van der Waals surface area contributed by atoms with Crippen molar-refractivity contribution in [3.8, 4) is 0 Å². The zero-order valence-corrected chi connectivity index (χ0v) is 13.2. The van der Waals surface area contributed by atoms with E-state index in [1.54, 1.807) is 17.3 Å². The van der Waals surface area contributed by atoms with Crippen LogP contribution in [0.25, 0.3) is 0 Å². The zero-order chi connectivity index (χ0) is 16.4. The highest BCUT2D eigenvalue weighted by Gasteiger charge is 2.33. The number of benzene rings is 1. The van der Waals surface area contributed by atoms with Crippen molar-refractivity contribution >= 4 is 5.91 Å². The van der Waals surface area contributed by atoms with Gasteiger partial charge >= 0.3 is 0 Å². The lowest BCUT2D eigenvalue weighted by atomic mass is 10.1. The van der Waals surface area contributed by atoms with Crippen LogP contribution < -0.4 is 0 Å². The Morgan fingerprint density at radius 2 is 2.08 bits per heavy atom. The fourth-order valence-electron chi connectivity index (χ4n) is 2.74. The Kier molecular flexibility index (Phi) is 3.86. The Balaban J connectivity index is 1.48. The molecule has 122 valence electrons. The minimum absolute atomic E-state index is 0.0567. The summed E-state index contributed by atoms with van der Waals surface area (Å²) < 4.78 is 7.15. The maximum Gasteiger partial charge on any atom is 0.254 e. The molecule has 1 aliphatic carbocycles. The Morgan fingerprint density at radius 3 is 2.71 bits per heavy atom. The molecule has 0 saturated heterocycles. The molecule has 1 amide bonds. The lowest BCUT2D eigenvalue weighted by Crippen LogP contribution is -2.32. The Hall–Kier alpha value is -2.89. The van der Waals surface area contributed by atoms with Gasteiger partial charge in [0.2, 0.25) is 0 Å². The molecular formula is C18H18N4O2. The maximum atomic E-state index is 12.8. The van der Waals surface area contributed by atoms with E-state index in [1.807, 2.05) is 41.3 Å². The number of aromatic nitrogens is 3. The van der Waals surface area contributed by atoms with Gasteiger partial charge in [-0.3, -0.25) is 4.79 Å². The summed E-state index contributed by atoms with van der Waals surface area (Å²) in [6.45, 7) is 1.17. The molecule has 0 atom stereocenters. The third-order valence-electron chi connectivity index (χ3n) is 4.17. The molecular weight excluding hydrogens is 304 g/mol. The van der Waals surface area contributed by atoms with Gasteiger partial charge in [-0.05, 0) is 42.7 Å². The van der Waals surface area contributed by atoms with Gasteiger partial charge in [0.15, 0.2) is 0 Å². The summed E-state index contributed by atoms with van der Waals surface area (Å²) >= 11 is 0. The number of hydrogen-bond acceptors (Lipinski definition) is 4. The SMILES string of the molecule is O=C(c1ccc(Cn2cncn2)cc1)N(Cc1ccco1)C1CC1. The molecule has 0 spiro atoms. The number of nitrogens with zero attached hydrogens (tertiary/aromatic N) is 4. The summed E-state index contributed by atoms with van der Waals surface area (Å²) in [5.74, 6) is 0.874. The van der Waals surface area contributed by atoms with Crippen LogP contribution in [-0.4, -0.2) is 31.6 Å². The third kappa shape index (κ3) is 3.22. The Bertz CT molecular complexity index is 790. The molecule has 0 aliphatic heterocycles. The normalized spacial score (nSPS) is 13.8. The summed E-state index contributed by atoms with van der Waals surface area (Å²) in [4.78, 5) is 18.7. The van der Waals surface area contributed by atoms with Crippen molar-refractivity contribution in [2.75, 3.05) is 0 Å². The first-order valence-electron chi connectivity index (χ1n) is 8.04. The summed E-state index contributed by atoms with van der Waals surface area (Å²) in [6, 6.07) is 11.8. The van der Waals surface area contributed by atoms with Crippen LogP contribution in [0.1, 0.15) is 34.5 Å². The molecule has 1 fully saturated rings. The van der Waals surface area contributed by atoms with Gasteiger partial charge in [-0.2, -0.15) is 5.10 Å². The fraction of sp³-hybridized carbons (Fsp3) is 0.278. The molecule has 2 aromatic heterocycles. The van der Waals surface area contributed by atoms with E-state index >= 15 is 0 Å². The second-order valence-corrected chi connectivity index (χ2v) is 6.03. The highest BCUT2D eigenvalue weighted by molar-refractivity contribution is 5.94. The van der Waals surface area contributed by atoms with Crippen molar-refractivity contribution < 1.29 is 9.21 Å². The second kappa shape index (κ2) is 6.31. The molecule has 3 aromatic rings. The van der Waals surface area contributed by atoms with Gasteiger partial charge in [-0.25, -0.2) is 9.67 Å². The quantitative estimate of drug-likeness (QED) is 0.700. The highest BCUT2D eigenvalue weighted by Crippen LogP contribution is 2.30. The molecule has 1 saturated carbocycles. The highest BCUT2D eigenvalue weighted by atomic mass is 16.3. The molecule has 1 aromatic carbocycles. The number of furan rings is 1. The lowest BCUT2D eigenvalue weighted by Gasteiger charge is -2.21. The van der Waals surface area contributed by atoms with Crippen molar-refractivity contribution in [1.29, 1.82) is 0 Å². The minimum Gasteiger partial charge on any atom is -0.467 e. The van der Waals surface area contributed by atoms with Gasteiger partial charge < -0.3 is 9.32 Å². The van der Waals surface area contributed by atoms with E-state index in [9.17, 15) is 4.79 Å². The van der Waals surface area contributed by atoms with E-state index in [4.69, 9.17) is 4.42 Å². The van der Waals surface area contributed by atoms with Crippen LogP contribution in [-0.2, 0) is 13.1 Å². The molecule has 1 aliphatic rings. The molecule has 0 N–H and O–H groups in total. The monoisotopic (exact) mass is 322 g/mol. The first-order valence-corrected chi connectivity index (χ1v) is 8.04. The second-order valence-electron chi connectivity index (χ2n) is 6.03. The van der Waals surface area contributed by atoms with Gasteiger partial charge in [0.25, 0.3) is 5.91 Å². The summed E-state index contributed by atoms with van der Waals surface area (Å²) in [7, 11) is 0. The summed E-state index contributed by atoms with van der Waals surface area (Å²) in [5, 5.41) is 4.09. The number of rotatable bonds is 6. The van der Waals surface area contributed by atoms with Crippen molar-refractivity contribution in [1.82, 2.24) is 19.7 Å². The summed E-state index contributed by atoms with van der Waals surface area (Å²) in [5.41, 5.74) is 1.79. The van der Waals surface area contributed by atoms with Crippen molar-refractivity contribution in [2.24, 2.45) is 0 Å². The Morgan fingerprint density at radius 1 is 1.25 bits per heavy atom. The van der Waals surface area contributed by atoms with Crippen molar-refractivity contribution in [2.45, 2.75) is 32.0 Å². The van der Waals surface area contributed by atoms with Crippen LogP contribution in [0.3, 0.4) is 0 Å². The van der Waals surface area contributed by atoms with Crippen LogP contribution in [0.2, 0.25) is 0 Å². The average Bonchev–Trinajstić information content (AvgIpc) is 3.08. The topological polar surface area (TPSA) is 64.2 Å². The predicted octanol–water partition coefficient (Wildman–Crippen LogP) is 2.72. The number of hydrogen-bond donors (Lipinski definition) is 0. The molecule has 2 heterocycles. The van der Waals surface area contributed by atoms with E-state index in [0.717, 1.165) is 24.2 Å². The summed E-state index contributed by atoms with van der Waals surface area (Å²) in [6.07, 6.45) is 6.97. The van der Waals surface area contributed by atoms with Crippen LogP contribution in [0.5, 0.6) is 0 Å². The van der Waals surface area contributed by atoms with Crippen LogP contribution >= 0.6 is 0 Å². The van der Waals surface area contributed by atoms with Gasteiger partial charge in [0.1, 0.15) is 18.4 Å². The first kappa shape index (κ1) is 14.7. The van der Waals surface area contributed by atoms with Gasteiger partial charge in [-0.15, -0.1) is 0 Å². The van der Waals surface area contributed by atoms with Gasteiger partial charge in [0.05, 0.1) is 19.4 Å². The van der Waals surface area contributed by atoms with Crippen LogP contribution in [0.4, 0.5) is 0 Å².